The number of fused-ring (bicyclic) bond motifs is 1. The van der Waals surface area contributed by atoms with Crippen LogP contribution >= 0.6 is 0 Å². The van der Waals surface area contributed by atoms with Crippen LogP contribution in [-0.2, 0) is 11.3 Å². The first-order valence-corrected chi connectivity index (χ1v) is 11.4. The fourth-order valence-electron chi connectivity index (χ4n) is 4.62. The third-order valence-electron chi connectivity index (χ3n) is 6.43. The van der Waals surface area contributed by atoms with Crippen LogP contribution in [0.5, 0.6) is 0 Å². The monoisotopic (exact) mass is 437 g/mol. The number of nitrogens with one attached hydrogen (secondary N) is 2. The molecular formula is C28H27N3O2. The van der Waals surface area contributed by atoms with E-state index in [9.17, 15) is 9.59 Å². The predicted molar refractivity (Wildman–Crippen MR) is 130 cm³/mol. The molecule has 1 fully saturated rings. The van der Waals surface area contributed by atoms with Crippen LogP contribution in [0.3, 0.4) is 0 Å². The highest BCUT2D eigenvalue weighted by atomic mass is 16.2. The van der Waals surface area contributed by atoms with Gasteiger partial charge in [-0.15, -0.1) is 0 Å². The molecule has 0 spiro atoms. The van der Waals surface area contributed by atoms with Gasteiger partial charge >= 0.3 is 0 Å². The van der Waals surface area contributed by atoms with Gasteiger partial charge in [0.1, 0.15) is 0 Å². The second-order valence-electron chi connectivity index (χ2n) is 8.58. The standard InChI is InChI=1S/C28H27N3O2/c32-27-11-6-16-31(27)19-20-12-14-22(15-13-20)28(33)30-17-24(21-7-2-1-3-8-21)25-18-29-26-10-5-4-9-23(25)26/h1-5,7-10,12-15,18,24,29H,6,11,16-17,19H2,(H,30,33). The zero-order valence-electron chi connectivity index (χ0n) is 18.5. The first-order valence-electron chi connectivity index (χ1n) is 11.4. The number of likely N-dealkylation sites (tertiary alicyclic amines) is 1. The fourth-order valence-corrected chi connectivity index (χ4v) is 4.62. The van der Waals surface area contributed by atoms with Crippen molar-refractivity contribution in [3.8, 4) is 0 Å². The van der Waals surface area contributed by atoms with Crippen molar-refractivity contribution in [2.45, 2.75) is 25.3 Å². The van der Waals surface area contributed by atoms with E-state index in [0.29, 0.717) is 25.1 Å². The van der Waals surface area contributed by atoms with Crippen LogP contribution in [0, 0.1) is 0 Å². The Hall–Kier alpha value is -3.86. The maximum Gasteiger partial charge on any atom is 0.251 e. The number of aromatic amines is 1. The number of carbonyl (C=O) groups is 2. The number of hydrogen-bond donors (Lipinski definition) is 2. The molecule has 0 aliphatic carbocycles. The largest absolute Gasteiger partial charge is 0.361 e. The summed E-state index contributed by atoms with van der Waals surface area (Å²) in [7, 11) is 0. The number of benzene rings is 3. The van der Waals surface area contributed by atoms with Crippen molar-refractivity contribution in [3.05, 3.63) is 107 Å². The van der Waals surface area contributed by atoms with E-state index in [0.717, 1.165) is 29.6 Å². The first-order chi connectivity index (χ1) is 16.2. The highest BCUT2D eigenvalue weighted by Gasteiger charge is 2.21. The molecule has 0 saturated carbocycles. The Morgan fingerprint density at radius 2 is 1.73 bits per heavy atom. The van der Waals surface area contributed by atoms with Crippen LogP contribution < -0.4 is 5.32 Å². The van der Waals surface area contributed by atoms with Crippen LogP contribution in [0.4, 0.5) is 0 Å². The lowest BCUT2D eigenvalue weighted by atomic mass is 9.91. The molecule has 3 aromatic carbocycles. The second-order valence-corrected chi connectivity index (χ2v) is 8.58. The van der Waals surface area contributed by atoms with Crippen LogP contribution in [-0.4, -0.2) is 34.8 Å². The summed E-state index contributed by atoms with van der Waals surface area (Å²) in [4.78, 5) is 30.0. The summed E-state index contributed by atoms with van der Waals surface area (Å²) in [6, 6.07) is 26.1. The van der Waals surface area contributed by atoms with Gasteiger partial charge in [-0.2, -0.15) is 0 Å². The number of H-pyrrole nitrogens is 1. The van der Waals surface area contributed by atoms with Gasteiger partial charge in [0.25, 0.3) is 5.91 Å². The van der Waals surface area contributed by atoms with E-state index >= 15 is 0 Å². The molecule has 1 saturated heterocycles. The van der Waals surface area contributed by atoms with E-state index in [1.165, 1.54) is 10.9 Å². The average molecular weight is 438 g/mol. The summed E-state index contributed by atoms with van der Waals surface area (Å²) in [5.41, 5.74) is 5.09. The minimum absolute atomic E-state index is 0.0340. The number of para-hydroxylation sites is 1. The maximum atomic E-state index is 12.9. The number of nitrogens with zero attached hydrogens (tertiary/aromatic N) is 1. The van der Waals surface area contributed by atoms with Crippen molar-refractivity contribution in [3.63, 3.8) is 0 Å². The van der Waals surface area contributed by atoms with E-state index < -0.39 is 0 Å². The summed E-state index contributed by atoms with van der Waals surface area (Å²) in [5.74, 6) is 0.146. The molecule has 1 atom stereocenters. The molecule has 1 aliphatic heterocycles. The molecule has 5 nitrogen and oxygen atoms in total. The van der Waals surface area contributed by atoms with Crippen molar-refractivity contribution in [1.82, 2.24) is 15.2 Å². The Morgan fingerprint density at radius 3 is 2.48 bits per heavy atom. The summed E-state index contributed by atoms with van der Waals surface area (Å²) < 4.78 is 0. The molecule has 5 rings (SSSR count). The van der Waals surface area contributed by atoms with Crippen molar-refractivity contribution in [2.24, 2.45) is 0 Å². The van der Waals surface area contributed by atoms with Crippen LogP contribution in [0.1, 0.15) is 45.8 Å². The lowest BCUT2D eigenvalue weighted by molar-refractivity contribution is -0.128. The third-order valence-corrected chi connectivity index (χ3v) is 6.43. The molecule has 2 heterocycles. The SMILES string of the molecule is O=C(NCC(c1ccccc1)c1c[nH]c2ccccc12)c1ccc(CN2CCCC2=O)cc1. The van der Waals surface area contributed by atoms with Gasteiger partial charge in [-0.3, -0.25) is 9.59 Å². The second kappa shape index (κ2) is 9.33. The highest BCUT2D eigenvalue weighted by molar-refractivity contribution is 5.94. The fraction of sp³-hybridized carbons (Fsp3) is 0.214. The molecule has 1 aromatic heterocycles. The van der Waals surface area contributed by atoms with Gasteiger partial charge in [0.05, 0.1) is 0 Å². The van der Waals surface area contributed by atoms with Crippen molar-refractivity contribution in [1.29, 1.82) is 0 Å². The van der Waals surface area contributed by atoms with Crippen molar-refractivity contribution < 1.29 is 9.59 Å². The van der Waals surface area contributed by atoms with Gasteiger partial charge in [-0.25, -0.2) is 0 Å². The normalized spacial score (nSPS) is 14.5. The molecular weight excluding hydrogens is 410 g/mol. The van der Waals surface area contributed by atoms with Gasteiger partial charge in [0, 0.05) is 54.6 Å². The molecule has 4 aromatic rings. The number of rotatable bonds is 7. The summed E-state index contributed by atoms with van der Waals surface area (Å²) >= 11 is 0. The van der Waals surface area contributed by atoms with E-state index in [1.807, 2.05) is 65.7 Å². The third kappa shape index (κ3) is 4.53. The maximum absolute atomic E-state index is 12.9. The number of hydrogen-bond acceptors (Lipinski definition) is 2. The van der Waals surface area contributed by atoms with Gasteiger partial charge in [-0.1, -0.05) is 60.7 Å². The lowest BCUT2D eigenvalue weighted by Crippen LogP contribution is -2.29. The smallest absolute Gasteiger partial charge is 0.251 e. The van der Waals surface area contributed by atoms with Crippen molar-refractivity contribution in [2.75, 3.05) is 13.1 Å². The molecule has 0 radical (unpaired) electrons. The van der Waals surface area contributed by atoms with Crippen LogP contribution in [0.2, 0.25) is 0 Å². The molecule has 2 N–H and O–H groups in total. The number of aromatic nitrogens is 1. The predicted octanol–water partition coefficient (Wildman–Crippen LogP) is 4.85. The Bertz CT molecular complexity index is 1260. The van der Waals surface area contributed by atoms with E-state index in [-0.39, 0.29) is 17.7 Å². The molecule has 33 heavy (non-hydrogen) atoms. The Morgan fingerprint density at radius 1 is 0.970 bits per heavy atom. The zero-order chi connectivity index (χ0) is 22.6. The summed E-state index contributed by atoms with van der Waals surface area (Å²) in [5, 5.41) is 4.30. The molecule has 2 amide bonds. The Kier molecular flexibility index (Phi) is 5.94. The van der Waals surface area contributed by atoms with Crippen LogP contribution in [0.25, 0.3) is 10.9 Å². The first kappa shape index (κ1) is 21.0. The average Bonchev–Trinajstić information content (AvgIpc) is 3.46. The van der Waals surface area contributed by atoms with Gasteiger partial charge in [-0.05, 0) is 41.3 Å². The number of amides is 2. The zero-order valence-corrected chi connectivity index (χ0v) is 18.5. The van der Waals surface area contributed by atoms with Crippen LogP contribution in [0.15, 0.2) is 85.1 Å². The van der Waals surface area contributed by atoms with Crippen molar-refractivity contribution >= 4 is 22.7 Å². The van der Waals surface area contributed by atoms with E-state index in [1.54, 1.807) is 0 Å². The van der Waals surface area contributed by atoms with Gasteiger partial charge < -0.3 is 15.2 Å². The van der Waals surface area contributed by atoms with E-state index in [4.69, 9.17) is 0 Å². The summed E-state index contributed by atoms with van der Waals surface area (Å²) in [6.07, 6.45) is 3.61. The highest BCUT2D eigenvalue weighted by Crippen LogP contribution is 2.30. The molecule has 166 valence electrons. The topological polar surface area (TPSA) is 65.2 Å². The van der Waals surface area contributed by atoms with Gasteiger partial charge in [0.2, 0.25) is 5.91 Å². The van der Waals surface area contributed by atoms with E-state index in [2.05, 4.69) is 34.6 Å². The minimum Gasteiger partial charge on any atom is -0.361 e. The lowest BCUT2D eigenvalue weighted by Gasteiger charge is -2.18. The Labute approximate surface area is 193 Å². The number of carbonyl (C=O) groups excluding carboxylic acids is 2. The molecule has 1 unspecified atom stereocenters. The Balaban J connectivity index is 1.31. The van der Waals surface area contributed by atoms with Gasteiger partial charge in [0.15, 0.2) is 0 Å². The molecule has 0 bridgehead atoms. The quantitative estimate of drug-likeness (QED) is 0.434. The summed E-state index contributed by atoms with van der Waals surface area (Å²) in [6.45, 7) is 1.92. The molecule has 5 heteroatoms. The minimum atomic E-state index is -0.0976. The molecule has 1 aliphatic rings.